The van der Waals surface area contributed by atoms with Crippen LogP contribution in [0.2, 0.25) is 5.02 Å². The summed E-state index contributed by atoms with van der Waals surface area (Å²) in [6, 6.07) is 2.11. The van der Waals surface area contributed by atoms with E-state index in [1.807, 2.05) is 0 Å². The molecule has 0 radical (unpaired) electrons. The second-order valence-corrected chi connectivity index (χ2v) is 9.82. The van der Waals surface area contributed by atoms with E-state index in [-0.39, 0.29) is 34.0 Å². The van der Waals surface area contributed by atoms with E-state index in [4.69, 9.17) is 16.3 Å². The zero-order valence-electron chi connectivity index (χ0n) is 13.9. The number of alkyl halides is 3. The molecule has 1 aromatic carbocycles. The van der Waals surface area contributed by atoms with Crippen LogP contribution in [-0.2, 0) is 25.5 Å². The van der Waals surface area contributed by atoms with Crippen LogP contribution in [0, 0.1) is 0 Å². The van der Waals surface area contributed by atoms with Crippen LogP contribution in [-0.4, -0.2) is 56.0 Å². The first-order valence-electron chi connectivity index (χ1n) is 7.65. The zero-order valence-corrected chi connectivity index (χ0v) is 16.3. The highest BCUT2D eigenvalue weighted by molar-refractivity contribution is 8.16. The van der Waals surface area contributed by atoms with E-state index in [9.17, 15) is 26.4 Å². The van der Waals surface area contributed by atoms with Crippen molar-refractivity contribution in [3.63, 3.8) is 0 Å². The summed E-state index contributed by atoms with van der Waals surface area (Å²) >= 11 is 7.16. The molecule has 2 saturated heterocycles. The Balaban J connectivity index is 2.09. The number of aliphatic imine (C=N–C) groups is 1. The van der Waals surface area contributed by atoms with Crippen molar-refractivity contribution in [2.45, 2.75) is 17.5 Å². The number of benzene rings is 1. The number of anilines is 1. The topological polar surface area (TPSA) is 76.0 Å². The maximum absolute atomic E-state index is 13.1. The number of methoxy groups -OCH3 is 1. The number of hydrogen-bond donors (Lipinski definition) is 0. The third-order valence-electron chi connectivity index (χ3n) is 4.09. The highest BCUT2D eigenvalue weighted by Gasteiger charge is 2.50. The number of halogens is 4. The number of carbonyl (C=O) groups is 1. The highest BCUT2D eigenvalue weighted by atomic mass is 35.5. The number of amides is 1. The summed E-state index contributed by atoms with van der Waals surface area (Å²) in [4.78, 5) is 17.1. The van der Waals surface area contributed by atoms with Crippen LogP contribution in [0.15, 0.2) is 23.2 Å². The minimum absolute atomic E-state index is 0.000406. The molecule has 27 heavy (non-hydrogen) atoms. The van der Waals surface area contributed by atoms with Crippen molar-refractivity contribution in [3.05, 3.63) is 28.8 Å². The van der Waals surface area contributed by atoms with Crippen molar-refractivity contribution in [3.8, 4) is 0 Å². The fourth-order valence-corrected chi connectivity index (χ4v) is 7.11. The summed E-state index contributed by atoms with van der Waals surface area (Å²) in [5.74, 6) is -1.03. The summed E-state index contributed by atoms with van der Waals surface area (Å²) in [6.07, 6.45) is -4.60. The highest BCUT2D eigenvalue weighted by Crippen LogP contribution is 2.44. The molecule has 2 aliphatic rings. The lowest BCUT2D eigenvalue weighted by Crippen LogP contribution is -2.38. The van der Waals surface area contributed by atoms with Gasteiger partial charge in [0.25, 0.3) is 5.91 Å². The summed E-state index contributed by atoms with van der Waals surface area (Å²) in [5.41, 5.74) is -0.966. The molecule has 2 fully saturated rings. The number of sulfone groups is 1. The van der Waals surface area contributed by atoms with Gasteiger partial charge in [-0.25, -0.2) is 8.42 Å². The molecule has 0 N–H and O–H groups in total. The van der Waals surface area contributed by atoms with Gasteiger partial charge in [-0.05, 0) is 18.2 Å². The Morgan fingerprint density at radius 1 is 1.41 bits per heavy atom. The van der Waals surface area contributed by atoms with E-state index in [1.165, 1.54) is 12.0 Å². The van der Waals surface area contributed by atoms with Gasteiger partial charge in [-0.15, -0.1) is 0 Å². The average molecular weight is 443 g/mol. The van der Waals surface area contributed by atoms with E-state index < -0.39 is 38.8 Å². The molecule has 6 nitrogen and oxygen atoms in total. The van der Waals surface area contributed by atoms with Crippen LogP contribution < -0.4 is 4.90 Å². The van der Waals surface area contributed by atoms with Crippen LogP contribution in [0.1, 0.15) is 5.56 Å². The standard InChI is InChI=1S/C15H14ClF3N2O4S2/c1-25-5-13(22)20-14-21(11-6-27(23,24)7-12(11)26-14)10-4-8(15(17,18)19)2-3-9(10)16/h2-4,11-12H,5-7H2,1H3/t11-,12-/m0/s1. The maximum Gasteiger partial charge on any atom is 0.416 e. The monoisotopic (exact) mass is 442 g/mol. The normalized spacial score (nSPS) is 25.8. The summed E-state index contributed by atoms with van der Waals surface area (Å²) in [6.45, 7) is -0.304. The molecule has 0 unspecified atom stereocenters. The number of ether oxygens (including phenoxy) is 1. The lowest BCUT2D eigenvalue weighted by atomic mass is 10.1. The van der Waals surface area contributed by atoms with Crippen molar-refractivity contribution >= 4 is 50.0 Å². The molecule has 0 spiro atoms. The Labute approximate surface area is 162 Å². The molecule has 1 aromatic rings. The SMILES string of the molecule is COCC(=O)N=C1S[C@H]2CS(=O)(=O)C[C@@H]2N1c1cc(C(F)(F)F)ccc1Cl. The number of hydrogen-bond acceptors (Lipinski definition) is 5. The molecule has 0 aliphatic carbocycles. The quantitative estimate of drug-likeness (QED) is 0.716. The molecule has 1 amide bonds. The van der Waals surface area contributed by atoms with Gasteiger partial charge in [0.2, 0.25) is 0 Å². The minimum atomic E-state index is -4.60. The van der Waals surface area contributed by atoms with Crippen molar-refractivity contribution in [1.29, 1.82) is 0 Å². The Kier molecular flexibility index (Phi) is 5.50. The van der Waals surface area contributed by atoms with E-state index in [0.717, 1.165) is 30.0 Å². The second kappa shape index (κ2) is 7.26. The number of amidine groups is 1. The predicted molar refractivity (Wildman–Crippen MR) is 97.1 cm³/mol. The first-order valence-corrected chi connectivity index (χ1v) is 10.7. The van der Waals surface area contributed by atoms with Gasteiger partial charge in [0.05, 0.1) is 33.8 Å². The van der Waals surface area contributed by atoms with Crippen LogP contribution in [0.3, 0.4) is 0 Å². The lowest BCUT2D eigenvalue weighted by molar-refractivity contribution is -0.137. The number of thioether (sulfide) groups is 1. The minimum Gasteiger partial charge on any atom is -0.375 e. The van der Waals surface area contributed by atoms with Gasteiger partial charge in [0, 0.05) is 12.4 Å². The van der Waals surface area contributed by atoms with E-state index >= 15 is 0 Å². The molecule has 3 rings (SSSR count). The molecule has 12 heteroatoms. The van der Waals surface area contributed by atoms with E-state index in [0.29, 0.717) is 0 Å². The zero-order chi connectivity index (χ0) is 20.0. The van der Waals surface area contributed by atoms with Crippen LogP contribution in [0.4, 0.5) is 18.9 Å². The Hall–Kier alpha value is -1.30. The second-order valence-electron chi connectivity index (χ2n) is 6.06. The molecule has 0 aromatic heterocycles. The molecule has 148 valence electrons. The van der Waals surface area contributed by atoms with Crippen LogP contribution in [0.25, 0.3) is 0 Å². The first-order chi connectivity index (χ1) is 12.5. The Morgan fingerprint density at radius 2 is 2.11 bits per heavy atom. The molecular weight excluding hydrogens is 429 g/mol. The summed E-state index contributed by atoms with van der Waals surface area (Å²) < 4.78 is 68.0. The largest absolute Gasteiger partial charge is 0.416 e. The molecule has 0 bridgehead atoms. The predicted octanol–water partition coefficient (Wildman–Crippen LogP) is 2.61. The molecule has 2 aliphatic heterocycles. The van der Waals surface area contributed by atoms with Gasteiger partial charge < -0.3 is 9.64 Å². The number of nitrogens with zero attached hydrogens (tertiary/aromatic N) is 2. The Bertz CT molecular complexity index is 905. The smallest absolute Gasteiger partial charge is 0.375 e. The van der Waals surface area contributed by atoms with Gasteiger partial charge in [0.15, 0.2) is 15.0 Å². The Morgan fingerprint density at radius 3 is 2.74 bits per heavy atom. The van der Waals surface area contributed by atoms with Crippen molar-refractivity contribution in [2.75, 3.05) is 30.1 Å². The van der Waals surface area contributed by atoms with Crippen molar-refractivity contribution < 1.29 is 31.1 Å². The number of rotatable bonds is 3. The summed E-state index contributed by atoms with van der Waals surface area (Å²) in [7, 11) is -2.04. The first kappa shape index (κ1) is 20.4. The van der Waals surface area contributed by atoms with Crippen molar-refractivity contribution in [2.24, 2.45) is 4.99 Å². The lowest BCUT2D eigenvalue weighted by Gasteiger charge is -2.26. The van der Waals surface area contributed by atoms with Crippen molar-refractivity contribution in [1.82, 2.24) is 0 Å². The maximum atomic E-state index is 13.1. The van der Waals surface area contributed by atoms with E-state index in [2.05, 4.69) is 4.99 Å². The number of carbonyl (C=O) groups excluding carboxylic acids is 1. The van der Waals surface area contributed by atoms with Gasteiger partial charge in [-0.2, -0.15) is 18.2 Å². The van der Waals surface area contributed by atoms with Gasteiger partial charge in [-0.1, -0.05) is 23.4 Å². The average Bonchev–Trinajstić information content (AvgIpc) is 2.98. The molecule has 0 saturated carbocycles. The van der Waals surface area contributed by atoms with Crippen LogP contribution >= 0.6 is 23.4 Å². The summed E-state index contributed by atoms with van der Waals surface area (Å²) in [5, 5.41) is -0.335. The fourth-order valence-electron chi connectivity index (χ4n) is 2.98. The fraction of sp³-hybridized carbons (Fsp3) is 0.467. The van der Waals surface area contributed by atoms with Gasteiger partial charge >= 0.3 is 6.18 Å². The van der Waals surface area contributed by atoms with Gasteiger partial charge in [0.1, 0.15) is 6.61 Å². The third kappa shape index (κ3) is 4.25. The number of fused-ring (bicyclic) bond motifs is 1. The van der Waals surface area contributed by atoms with Crippen LogP contribution in [0.5, 0.6) is 0 Å². The third-order valence-corrected chi connectivity index (χ3v) is 7.62. The van der Waals surface area contributed by atoms with E-state index in [1.54, 1.807) is 0 Å². The molecule has 2 atom stereocenters. The molecular formula is C15H14ClF3N2O4S2. The van der Waals surface area contributed by atoms with Gasteiger partial charge in [-0.3, -0.25) is 4.79 Å². The molecule has 2 heterocycles.